The second kappa shape index (κ2) is 9.06. The maximum Gasteiger partial charge on any atom is 0.283 e. The van der Waals surface area contributed by atoms with E-state index in [1.54, 1.807) is 18.4 Å². The molecule has 1 aliphatic rings. The Labute approximate surface area is 178 Å². The highest BCUT2D eigenvalue weighted by Crippen LogP contribution is 2.36. The molecule has 11 heteroatoms. The van der Waals surface area contributed by atoms with E-state index in [1.807, 2.05) is 29.2 Å². The summed E-state index contributed by atoms with van der Waals surface area (Å²) in [7, 11) is -3.99. The van der Waals surface area contributed by atoms with Gasteiger partial charge in [-0.3, -0.25) is 24.8 Å². The summed E-state index contributed by atoms with van der Waals surface area (Å²) in [6.07, 6.45) is 6.01. The Balaban J connectivity index is 1.90. The number of allylic oxidation sites excluding steroid dienone is 2. The number of nitro groups is 2. The van der Waals surface area contributed by atoms with Crippen LogP contribution in [0.25, 0.3) is 11.6 Å². The first-order valence-electron chi connectivity index (χ1n) is 9.29. The number of anilines is 1. The van der Waals surface area contributed by atoms with E-state index in [1.165, 1.54) is 12.1 Å². The van der Waals surface area contributed by atoms with Crippen molar-refractivity contribution in [2.24, 2.45) is 0 Å². The number of nitro benzene ring substituents is 2. The van der Waals surface area contributed by atoms with Crippen LogP contribution in [0.2, 0.25) is 0 Å². The molecule has 2 aromatic rings. The molecule has 0 fully saturated rings. The molecule has 0 amide bonds. The third kappa shape index (κ3) is 5.53. The van der Waals surface area contributed by atoms with Crippen molar-refractivity contribution in [1.82, 2.24) is 0 Å². The second-order valence-electron chi connectivity index (χ2n) is 6.88. The summed E-state index contributed by atoms with van der Waals surface area (Å²) in [5, 5.41) is 22.4. The van der Waals surface area contributed by atoms with Crippen molar-refractivity contribution < 1.29 is 22.8 Å². The number of fused-ring (bicyclic) bond motifs is 1. The average molecular weight is 445 g/mol. The fourth-order valence-electron chi connectivity index (χ4n) is 3.29. The second-order valence-corrected chi connectivity index (χ2v) is 8.45. The minimum atomic E-state index is -3.99. The van der Waals surface area contributed by atoms with Crippen molar-refractivity contribution in [3.05, 3.63) is 86.1 Å². The lowest BCUT2D eigenvalue weighted by atomic mass is 9.97. The van der Waals surface area contributed by atoms with Crippen LogP contribution < -0.4 is 4.90 Å². The van der Waals surface area contributed by atoms with Crippen LogP contribution in [0.3, 0.4) is 0 Å². The van der Waals surface area contributed by atoms with E-state index < -0.39 is 20.0 Å². The highest BCUT2D eigenvalue weighted by Gasteiger charge is 2.21. The van der Waals surface area contributed by atoms with Gasteiger partial charge in [0.15, 0.2) is 0 Å². The molecular formula is C20H19N3O7S. The van der Waals surface area contributed by atoms with E-state index in [-0.39, 0.29) is 22.7 Å². The average Bonchev–Trinajstić information content (AvgIpc) is 2.71. The van der Waals surface area contributed by atoms with E-state index in [2.05, 4.69) is 0 Å². The lowest BCUT2D eigenvalue weighted by molar-refractivity contribution is -0.394. The molecule has 1 aliphatic heterocycles. The number of unbranched alkanes of at least 4 members (excludes halogenated alkanes) is 1. The molecule has 2 aromatic carbocycles. The topological polar surface area (TPSA) is 144 Å². The maximum absolute atomic E-state index is 11.4. The molecule has 31 heavy (non-hydrogen) atoms. The molecule has 0 saturated heterocycles. The van der Waals surface area contributed by atoms with Gasteiger partial charge in [-0.2, -0.15) is 8.42 Å². The van der Waals surface area contributed by atoms with E-state index in [0.29, 0.717) is 25.0 Å². The number of non-ortho nitro benzene ring substituents is 1. The van der Waals surface area contributed by atoms with Gasteiger partial charge in [0.2, 0.25) is 0 Å². The lowest BCUT2D eigenvalue weighted by Crippen LogP contribution is -2.21. The molecule has 0 radical (unpaired) electrons. The van der Waals surface area contributed by atoms with Gasteiger partial charge in [0.05, 0.1) is 27.2 Å². The zero-order chi connectivity index (χ0) is 22.6. The third-order valence-corrected chi connectivity index (χ3v) is 5.55. The number of hydrogen-bond acceptors (Lipinski definition) is 7. The monoisotopic (exact) mass is 445 g/mol. The normalized spacial score (nSPS) is 14.5. The van der Waals surface area contributed by atoms with Crippen molar-refractivity contribution in [2.45, 2.75) is 12.8 Å². The quantitative estimate of drug-likeness (QED) is 0.277. The largest absolute Gasteiger partial charge is 0.347 e. The summed E-state index contributed by atoms with van der Waals surface area (Å²) in [6.45, 7) is 0.522. The smallest absolute Gasteiger partial charge is 0.283 e. The van der Waals surface area contributed by atoms with Crippen molar-refractivity contribution in [3.8, 4) is 0 Å². The molecule has 0 aliphatic carbocycles. The summed E-state index contributed by atoms with van der Waals surface area (Å²) in [5.41, 5.74) is 1.87. The number of hydrogen-bond donors (Lipinski definition) is 1. The summed E-state index contributed by atoms with van der Waals surface area (Å²) in [4.78, 5) is 23.0. The van der Waals surface area contributed by atoms with Crippen molar-refractivity contribution in [2.75, 3.05) is 17.2 Å². The van der Waals surface area contributed by atoms with Crippen LogP contribution in [-0.2, 0) is 10.1 Å². The van der Waals surface area contributed by atoms with Gasteiger partial charge < -0.3 is 4.90 Å². The number of nitrogens with zero attached hydrogens (tertiary/aromatic N) is 3. The molecule has 0 aromatic heterocycles. The lowest BCUT2D eigenvalue weighted by Gasteiger charge is -2.27. The van der Waals surface area contributed by atoms with Gasteiger partial charge in [0, 0.05) is 30.1 Å². The first-order valence-corrected chi connectivity index (χ1v) is 10.9. The molecule has 1 N–H and O–H groups in total. The molecule has 0 unspecified atom stereocenters. The van der Waals surface area contributed by atoms with Crippen LogP contribution in [0.5, 0.6) is 0 Å². The van der Waals surface area contributed by atoms with Gasteiger partial charge in [-0.15, -0.1) is 0 Å². The first-order chi connectivity index (χ1) is 14.7. The highest BCUT2D eigenvalue weighted by molar-refractivity contribution is 7.85. The van der Waals surface area contributed by atoms with Gasteiger partial charge in [-0.1, -0.05) is 18.2 Å². The predicted molar refractivity (Wildman–Crippen MR) is 116 cm³/mol. The summed E-state index contributed by atoms with van der Waals surface area (Å²) in [6, 6.07) is 10.9. The molecule has 3 rings (SSSR count). The summed E-state index contributed by atoms with van der Waals surface area (Å²) < 4.78 is 30.6. The Hall–Kier alpha value is -3.57. The van der Waals surface area contributed by atoms with Gasteiger partial charge >= 0.3 is 0 Å². The minimum Gasteiger partial charge on any atom is -0.347 e. The Morgan fingerprint density at radius 3 is 2.45 bits per heavy atom. The van der Waals surface area contributed by atoms with Crippen LogP contribution in [-0.4, -0.2) is 35.1 Å². The predicted octanol–water partition coefficient (Wildman–Crippen LogP) is 4.05. The van der Waals surface area contributed by atoms with Crippen molar-refractivity contribution >= 4 is 38.8 Å². The van der Waals surface area contributed by atoms with E-state index >= 15 is 0 Å². The van der Waals surface area contributed by atoms with Crippen LogP contribution in [0.4, 0.5) is 17.1 Å². The third-order valence-electron chi connectivity index (χ3n) is 4.74. The molecule has 0 saturated carbocycles. The van der Waals surface area contributed by atoms with Crippen molar-refractivity contribution in [1.29, 1.82) is 0 Å². The maximum atomic E-state index is 11.4. The first kappa shape index (κ1) is 22.1. The van der Waals surface area contributed by atoms with Crippen LogP contribution in [0.15, 0.2) is 54.7 Å². The van der Waals surface area contributed by atoms with E-state index in [4.69, 9.17) is 4.55 Å². The van der Waals surface area contributed by atoms with Crippen LogP contribution in [0.1, 0.15) is 24.0 Å². The molecule has 162 valence electrons. The zero-order valence-electron chi connectivity index (χ0n) is 16.2. The highest BCUT2D eigenvalue weighted by atomic mass is 32.2. The number of para-hydroxylation sites is 1. The van der Waals surface area contributed by atoms with Crippen molar-refractivity contribution in [3.63, 3.8) is 0 Å². The standard InChI is InChI=1S/C20H19N3O7S/c24-22(25)17-8-7-16(20(14-17)23(26)27)13-15-9-11-21(10-3-4-12-31(28,29)30)19-6-2-1-5-18(15)19/h1-2,5-9,11,13-14H,3-4,10,12H2,(H,28,29,30)/b15-13-. The SMILES string of the molecule is O=[N+]([O-])c1ccc(/C=C2/C=CN(CCCCS(=O)(=O)O)c3ccccc32)c([N+](=O)[O-])c1. The molecule has 0 spiro atoms. The van der Waals surface area contributed by atoms with E-state index in [9.17, 15) is 28.6 Å². The van der Waals surface area contributed by atoms with Crippen LogP contribution in [0, 0.1) is 20.2 Å². The van der Waals surface area contributed by atoms with Gasteiger partial charge in [0.1, 0.15) is 0 Å². The number of rotatable bonds is 8. The van der Waals surface area contributed by atoms with E-state index in [0.717, 1.165) is 17.3 Å². The Morgan fingerprint density at radius 2 is 1.77 bits per heavy atom. The Morgan fingerprint density at radius 1 is 1.03 bits per heavy atom. The Bertz CT molecular complexity index is 1190. The fourth-order valence-corrected chi connectivity index (χ4v) is 3.86. The molecule has 0 bridgehead atoms. The number of benzene rings is 2. The molecule has 10 nitrogen and oxygen atoms in total. The van der Waals surface area contributed by atoms with Gasteiger partial charge in [-0.05, 0) is 42.7 Å². The minimum absolute atomic E-state index is 0.242. The molecule has 1 heterocycles. The summed E-state index contributed by atoms with van der Waals surface area (Å²) in [5.74, 6) is -0.304. The molecule has 0 atom stereocenters. The Kier molecular flexibility index (Phi) is 6.47. The van der Waals surface area contributed by atoms with Crippen LogP contribution >= 0.6 is 0 Å². The zero-order valence-corrected chi connectivity index (χ0v) is 17.1. The van der Waals surface area contributed by atoms with Gasteiger partial charge in [0.25, 0.3) is 21.5 Å². The van der Waals surface area contributed by atoms with Gasteiger partial charge in [-0.25, -0.2) is 0 Å². The summed E-state index contributed by atoms with van der Waals surface area (Å²) >= 11 is 0. The fraction of sp³-hybridized carbons (Fsp3) is 0.200. The molecular weight excluding hydrogens is 426 g/mol.